The maximum atomic E-state index is 12.3. The Morgan fingerprint density at radius 3 is 2.34 bits per heavy atom. The van der Waals surface area contributed by atoms with Crippen LogP contribution in [-0.2, 0) is 9.47 Å². The van der Waals surface area contributed by atoms with E-state index in [-0.39, 0.29) is 30.1 Å². The molecule has 29 heavy (non-hydrogen) atoms. The van der Waals surface area contributed by atoms with Crippen molar-refractivity contribution >= 4 is 36.0 Å². The van der Waals surface area contributed by atoms with Crippen LogP contribution in [0.25, 0.3) is 0 Å². The van der Waals surface area contributed by atoms with Crippen molar-refractivity contribution in [3.05, 3.63) is 0 Å². The van der Waals surface area contributed by atoms with Crippen molar-refractivity contribution in [1.29, 1.82) is 0 Å². The number of nitrogens with zero attached hydrogens (tertiary/aromatic N) is 2. The van der Waals surface area contributed by atoms with E-state index in [1.807, 2.05) is 27.7 Å². The van der Waals surface area contributed by atoms with E-state index in [4.69, 9.17) is 14.5 Å². The largest absolute Gasteiger partial charge is 0.444 e. The number of hydrogen-bond acceptors (Lipinski definition) is 4. The highest BCUT2D eigenvalue weighted by Crippen LogP contribution is 2.20. The molecule has 172 valence electrons. The minimum atomic E-state index is -0.513. The summed E-state index contributed by atoms with van der Waals surface area (Å²) in [6.45, 7) is 18.7. The molecule has 0 radical (unpaired) electrons. The maximum Gasteiger partial charge on any atom is 0.408 e. The van der Waals surface area contributed by atoms with Crippen molar-refractivity contribution in [2.75, 3.05) is 39.4 Å². The number of amides is 1. The first kappa shape index (κ1) is 28.2. The SMILES string of the molecule is CCNC(=NCC(CC)(CC)NC(=O)OC(C)(C)C)N1CCC(COCC)C1.I. The van der Waals surface area contributed by atoms with Crippen LogP contribution in [0.15, 0.2) is 4.99 Å². The van der Waals surface area contributed by atoms with Gasteiger partial charge >= 0.3 is 6.09 Å². The van der Waals surface area contributed by atoms with Crippen molar-refractivity contribution in [2.24, 2.45) is 10.9 Å². The fraction of sp³-hybridized carbons (Fsp3) is 0.905. The van der Waals surface area contributed by atoms with E-state index in [0.29, 0.717) is 12.5 Å². The number of rotatable bonds is 9. The number of nitrogens with one attached hydrogen (secondary N) is 2. The van der Waals surface area contributed by atoms with Crippen LogP contribution < -0.4 is 10.6 Å². The number of carbonyl (C=O) groups excluding carboxylic acids is 1. The summed E-state index contributed by atoms with van der Waals surface area (Å²) < 4.78 is 11.1. The summed E-state index contributed by atoms with van der Waals surface area (Å²) in [6.07, 6.45) is 2.32. The molecule has 1 unspecified atom stereocenters. The van der Waals surface area contributed by atoms with Gasteiger partial charge in [0.15, 0.2) is 5.96 Å². The predicted octanol–water partition coefficient (Wildman–Crippen LogP) is 4.01. The predicted molar refractivity (Wildman–Crippen MR) is 130 cm³/mol. The van der Waals surface area contributed by atoms with Crippen molar-refractivity contribution in [3.8, 4) is 0 Å². The molecular weight excluding hydrogens is 483 g/mol. The average Bonchev–Trinajstić information content (AvgIpc) is 3.09. The lowest BCUT2D eigenvalue weighted by Crippen LogP contribution is -2.52. The number of likely N-dealkylation sites (tertiary alicyclic amines) is 1. The molecule has 7 nitrogen and oxygen atoms in total. The summed E-state index contributed by atoms with van der Waals surface area (Å²) in [7, 11) is 0. The number of aliphatic imine (C=N–C) groups is 1. The Labute approximate surface area is 194 Å². The van der Waals surface area contributed by atoms with Crippen LogP contribution in [0.3, 0.4) is 0 Å². The van der Waals surface area contributed by atoms with Crippen LogP contribution in [0, 0.1) is 5.92 Å². The van der Waals surface area contributed by atoms with Crippen LogP contribution in [0.2, 0.25) is 0 Å². The van der Waals surface area contributed by atoms with E-state index >= 15 is 0 Å². The van der Waals surface area contributed by atoms with Crippen molar-refractivity contribution in [3.63, 3.8) is 0 Å². The first-order valence-electron chi connectivity index (χ1n) is 10.8. The minimum Gasteiger partial charge on any atom is -0.444 e. The number of alkyl carbamates (subject to hydrolysis) is 1. The van der Waals surface area contributed by atoms with Crippen molar-refractivity contribution < 1.29 is 14.3 Å². The first-order chi connectivity index (χ1) is 13.2. The zero-order valence-corrected chi connectivity index (χ0v) is 21.8. The summed E-state index contributed by atoms with van der Waals surface area (Å²) in [5.41, 5.74) is -0.923. The van der Waals surface area contributed by atoms with Crippen molar-refractivity contribution in [1.82, 2.24) is 15.5 Å². The van der Waals surface area contributed by atoms with Crippen LogP contribution in [-0.4, -0.2) is 67.5 Å². The van der Waals surface area contributed by atoms with Crippen LogP contribution >= 0.6 is 24.0 Å². The Balaban J connectivity index is 0.00000784. The van der Waals surface area contributed by atoms with E-state index in [1.165, 1.54) is 0 Å². The van der Waals surface area contributed by atoms with Gasteiger partial charge in [-0.15, -0.1) is 24.0 Å². The molecule has 1 rings (SSSR count). The van der Waals surface area contributed by atoms with Gasteiger partial charge in [0.1, 0.15) is 5.60 Å². The molecule has 8 heteroatoms. The normalized spacial score (nSPS) is 17.7. The topological polar surface area (TPSA) is 75.2 Å². The molecule has 0 bridgehead atoms. The smallest absolute Gasteiger partial charge is 0.408 e. The third-order valence-corrected chi connectivity index (χ3v) is 5.13. The molecule has 0 aromatic rings. The van der Waals surface area contributed by atoms with Crippen LogP contribution in [0.5, 0.6) is 0 Å². The molecule has 1 fully saturated rings. The highest BCUT2D eigenvalue weighted by molar-refractivity contribution is 14.0. The van der Waals surface area contributed by atoms with Gasteiger partial charge in [-0.05, 0) is 53.9 Å². The number of guanidine groups is 1. The van der Waals surface area contributed by atoms with E-state index in [2.05, 4.69) is 36.3 Å². The summed E-state index contributed by atoms with van der Waals surface area (Å²) in [5, 5.41) is 6.48. The highest BCUT2D eigenvalue weighted by atomic mass is 127. The summed E-state index contributed by atoms with van der Waals surface area (Å²) in [4.78, 5) is 19.5. The second-order valence-electron chi connectivity index (χ2n) is 8.54. The van der Waals surface area contributed by atoms with Crippen molar-refractivity contribution in [2.45, 2.75) is 78.9 Å². The molecule has 1 saturated heterocycles. The van der Waals surface area contributed by atoms with Gasteiger partial charge in [-0.3, -0.25) is 4.99 Å². The molecule has 0 aromatic carbocycles. The number of hydrogen-bond donors (Lipinski definition) is 2. The van der Waals surface area contributed by atoms with E-state index in [0.717, 1.165) is 58.1 Å². The van der Waals surface area contributed by atoms with Gasteiger partial charge in [-0.25, -0.2) is 4.79 Å². The Hall–Kier alpha value is -0.770. The zero-order valence-electron chi connectivity index (χ0n) is 19.5. The third-order valence-electron chi connectivity index (χ3n) is 5.13. The molecule has 0 spiro atoms. The van der Waals surface area contributed by atoms with Gasteiger partial charge in [-0.1, -0.05) is 13.8 Å². The molecular formula is C21H43IN4O3. The van der Waals surface area contributed by atoms with E-state index < -0.39 is 11.1 Å². The van der Waals surface area contributed by atoms with E-state index in [9.17, 15) is 4.79 Å². The molecule has 0 aliphatic carbocycles. The molecule has 0 saturated carbocycles. The number of halogens is 1. The first-order valence-corrected chi connectivity index (χ1v) is 10.8. The monoisotopic (exact) mass is 526 g/mol. The Kier molecular flexibility index (Phi) is 13.2. The van der Waals surface area contributed by atoms with Gasteiger partial charge in [0.25, 0.3) is 0 Å². The molecule has 1 heterocycles. The van der Waals surface area contributed by atoms with E-state index in [1.54, 1.807) is 0 Å². The number of ether oxygens (including phenoxy) is 2. The standard InChI is InChI=1S/C21H42N4O3.HI/c1-8-21(9-2,24-19(26)28-20(5,6)7)16-23-18(22-10-3)25-13-12-17(14-25)15-27-11-4;/h17H,8-16H2,1-7H3,(H,22,23)(H,24,26);1H. The van der Waals surface area contributed by atoms with Gasteiger partial charge < -0.3 is 25.0 Å². The second kappa shape index (κ2) is 13.5. The molecule has 1 aliphatic rings. The lowest BCUT2D eigenvalue weighted by Gasteiger charge is -2.33. The summed E-state index contributed by atoms with van der Waals surface area (Å²) >= 11 is 0. The zero-order chi connectivity index (χ0) is 21.2. The van der Waals surface area contributed by atoms with Gasteiger partial charge in [0, 0.05) is 32.2 Å². The fourth-order valence-electron chi connectivity index (χ4n) is 3.31. The molecule has 0 aromatic heterocycles. The molecule has 1 amide bonds. The van der Waals surface area contributed by atoms with Crippen LogP contribution in [0.4, 0.5) is 4.79 Å². The Morgan fingerprint density at radius 1 is 1.17 bits per heavy atom. The molecule has 2 N–H and O–H groups in total. The van der Waals surface area contributed by atoms with Gasteiger partial charge in [0.05, 0.1) is 18.7 Å². The molecule has 1 atom stereocenters. The van der Waals surface area contributed by atoms with Gasteiger partial charge in [0.2, 0.25) is 0 Å². The van der Waals surface area contributed by atoms with Crippen LogP contribution in [0.1, 0.15) is 67.7 Å². The number of carbonyl (C=O) groups is 1. The highest BCUT2D eigenvalue weighted by Gasteiger charge is 2.31. The lowest BCUT2D eigenvalue weighted by atomic mass is 9.93. The summed E-state index contributed by atoms with van der Waals surface area (Å²) in [6, 6.07) is 0. The molecule has 1 aliphatic heterocycles. The third kappa shape index (κ3) is 10.2. The maximum absolute atomic E-state index is 12.3. The summed E-state index contributed by atoms with van der Waals surface area (Å²) in [5.74, 6) is 1.46. The fourth-order valence-corrected chi connectivity index (χ4v) is 3.31. The van der Waals surface area contributed by atoms with Gasteiger partial charge in [-0.2, -0.15) is 0 Å². The minimum absolute atomic E-state index is 0. The quantitative estimate of drug-likeness (QED) is 0.270. The lowest BCUT2D eigenvalue weighted by molar-refractivity contribution is 0.0451. The second-order valence-corrected chi connectivity index (χ2v) is 8.54. The average molecular weight is 527 g/mol. The Morgan fingerprint density at radius 2 is 1.83 bits per heavy atom. The Bertz CT molecular complexity index is 505.